The summed E-state index contributed by atoms with van der Waals surface area (Å²) in [6.45, 7) is 2.29. The number of carbonyl (C=O) groups is 1. The molecule has 7 nitrogen and oxygen atoms in total. The highest BCUT2D eigenvalue weighted by atomic mass is 32.2. The lowest BCUT2D eigenvalue weighted by Gasteiger charge is -2.35. The zero-order valence-electron chi connectivity index (χ0n) is 17.2. The van der Waals surface area contributed by atoms with Crippen LogP contribution in [-0.2, 0) is 5.75 Å². The fraction of sp³-hybridized carbons (Fsp3) is 0.217. The normalized spacial score (nSPS) is 13.8. The van der Waals surface area contributed by atoms with Gasteiger partial charge in [-0.1, -0.05) is 24.3 Å². The van der Waals surface area contributed by atoms with E-state index in [9.17, 15) is 19.3 Å². The van der Waals surface area contributed by atoms with Crippen molar-refractivity contribution >= 4 is 29.2 Å². The summed E-state index contributed by atoms with van der Waals surface area (Å²) in [5.74, 6) is 0.543. The smallest absolute Gasteiger partial charge is 0.283 e. The summed E-state index contributed by atoms with van der Waals surface area (Å²) in [6, 6.07) is 16.5. The molecule has 0 saturated carbocycles. The van der Waals surface area contributed by atoms with Crippen molar-refractivity contribution in [2.45, 2.75) is 10.6 Å². The number of nitro groups is 1. The van der Waals surface area contributed by atoms with E-state index in [2.05, 4.69) is 9.88 Å². The first-order valence-electron chi connectivity index (χ1n) is 10.1. The summed E-state index contributed by atoms with van der Waals surface area (Å²) in [7, 11) is 0. The average molecular weight is 453 g/mol. The van der Waals surface area contributed by atoms with Crippen molar-refractivity contribution < 1.29 is 14.1 Å². The van der Waals surface area contributed by atoms with Crippen molar-refractivity contribution in [1.29, 1.82) is 0 Å². The number of aromatic nitrogens is 1. The minimum Gasteiger partial charge on any atom is -0.353 e. The van der Waals surface area contributed by atoms with E-state index in [0.29, 0.717) is 36.6 Å². The Bertz CT molecular complexity index is 1120. The monoisotopic (exact) mass is 452 g/mol. The highest BCUT2D eigenvalue weighted by Gasteiger charge is 2.25. The molecule has 0 atom stereocenters. The highest BCUT2D eigenvalue weighted by molar-refractivity contribution is 7.98. The standard InChI is InChI=1S/C23H21FN4O3S/c24-19-6-2-1-5-18(19)16-32-21-9-8-17(15-20(21)28(30)31)23(29)27-13-11-26(12-14-27)22-7-3-4-10-25-22/h1-10,15H,11-14,16H2. The minimum absolute atomic E-state index is 0.149. The molecular weight excluding hydrogens is 431 g/mol. The van der Waals surface area contributed by atoms with Crippen molar-refractivity contribution in [2.24, 2.45) is 0 Å². The second-order valence-electron chi connectivity index (χ2n) is 7.29. The third-order valence-electron chi connectivity index (χ3n) is 5.28. The van der Waals surface area contributed by atoms with Gasteiger partial charge in [-0.25, -0.2) is 9.37 Å². The molecule has 2 aromatic carbocycles. The van der Waals surface area contributed by atoms with Crippen LogP contribution in [0.4, 0.5) is 15.9 Å². The predicted octanol–water partition coefficient (Wildman–Crippen LogP) is 4.38. The second kappa shape index (κ2) is 9.78. The van der Waals surface area contributed by atoms with Crippen LogP contribution in [0.15, 0.2) is 71.8 Å². The zero-order chi connectivity index (χ0) is 22.5. The number of benzene rings is 2. The first-order chi connectivity index (χ1) is 15.5. The van der Waals surface area contributed by atoms with Gasteiger partial charge in [-0.15, -0.1) is 11.8 Å². The van der Waals surface area contributed by atoms with Gasteiger partial charge in [-0.2, -0.15) is 0 Å². The summed E-state index contributed by atoms with van der Waals surface area (Å²) in [4.78, 5) is 32.6. The lowest BCUT2D eigenvalue weighted by molar-refractivity contribution is -0.387. The van der Waals surface area contributed by atoms with Crippen molar-refractivity contribution in [3.05, 3.63) is 93.9 Å². The molecule has 2 heterocycles. The molecule has 32 heavy (non-hydrogen) atoms. The van der Waals surface area contributed by atoms with E-state index in [1.54, 1.807) is 41.4 Å². The predicted molar refractivity (Wildman–Crippen MR) is 121 cm³/mol. The number of rotatable bonds is 6. The van der Waals surface area contributed by atoms with E-state index < -0.39 is 4.92 Å². The number of nitrogens with zero attached hydrogens (tertiary/aromatic N) is 4. The molecule has 1 aliphatic heterocycles. The summed E-state index contributed by atoms with van der Waals surface area (Å²) < 4.78 is 13.9. The number of anilines is 1. The molecule has 1 fully saturated rings. The largest absolute Gasteiger partial charge is 0.353 e. The molecule has 3 aromatic rings. The molecule has 1 aromatic heterocycles. The molecule has 0 bridgehead atoms. The average Bonchev–Trinajstić information content (AvgIpc) is 2.83. The maximum absolute atomic E-state index is 13.9. The van der Waals surface area contributed by atoms with Gasteiger partial charge in [0, 0.05) is 49.8 Å². The third kappa shape index (κ3) is 4.88. The molecule has 1 amide bonds. The molecule has 0 aliphatic carbocycles. The third-order valence-corrected chi connectivity index (χ3v) is 6.40. The molecule has 0 unspecified atom stereocenters. The topological polar surface area (TPSA) is 79.6 Å². The van der Waals surface area contributed by atoms with Crippen molar-refractivity contribution in [3.63, 3.8) is 0 Å². The molecule has 1 saturated heterocycles. The van der Waals surface area contributed by atoms with Gasteiger partial charge in [0.05, 0.1) is 9.82 Å². The van der Waals surface area contributed by atoms with Crippen LogP contribution in [0.25, 0.3) is 0 Å². The fourth-order valence-electron chi connectivity index (χ4n) is 3.55. The quantitative estimate of drug-likeness (QED) is 0.314. The number of thioether (sulfide) groups is 1. The SMILES string of the molecule is O=C(c1ccc(SCc2ccccc2F)c([N+](=O)[O-])c1)N1CCN(c2ccccn2)CC1. The molecule has 1 aliphatic rings. The molecular formula is C23H21FN4O3S. The van der Waals surface area contributed by atoms with Crippen molar-refractivity contribution in [3.8, 4) is 0 Å². The number of hydrogen-bond donors (Lipinski definition) is 0. The summed E-state index contributed by atoms with van der Waals surface area (Å²) in [6.07, 6.45) is 1.73. The van der Waals surface area contributed by atoms with Crippen LogP contribution in [0.3, 0.4) is 0 Å². The van der Waals surface area contributed by atoms with Crippen LogP contribution in [0.2, 0.25) is 0 Å². The zero-order valence-corrected chi connectivity index (χ0v) is 18.0. The van der Waals surface area contributed by atoms with Gasteiger partial charge >= 0.3 is 0 Å². The Kier molecular flexibility index (Phi) is 6.65. The highest BCUT2D eigenvalue weighted by Crippen LogP contribution is 2.33. The maximum atomic E-state index is 13.9. The fourth-order valence-corrected chi connectivity index (χ4v) is 4.54. The van der Waals surface area contributed by atoms with Crippen LogP contribution in [0, 0.1) is 15.9 Å². The van der Waals surface area contributed by atoms with E-state index in [4.69, 9.17) is 0 Å². The summed E-state index contributed by atoms with van der Waals surface area (Å²) in [5.41, 5.74) is 0.597. The Morgan fingerprint density at radius 3 is 2.50 bits per heavy atom. The van der Waals surface area contributed by atoms with Crippen LogP contribution in [0.1, 0.15) is 15.9 Å². The molecule has 0 N–H and O–H groups in total. The first kappa shape index (κ1) is 21.8. The van der Waals surface area contributed by atoms with Crippen LogP contribution in [0.5, 0.6) is 0 Å². The number of hydrogen-bond acceptors (Lipinski definition) is 6. The molecule has 0 radical (unpaired) electrons. The first-order valence-corrected chi connectivity index (χ1v) is 11.1. The van der Waals surface area contributed by atoms with Gasteiger partial charge < -0.3 is 9.80 Å². The molecule has 0 spiro atoms. The second-order valence-corrected chi connectivity index (χ2v) is 8.30. The molecule has 4 rings (SSSR count). The number of carbonyl (C=O) groups excluding carboxylic acids is 1. The number of piperazine rings is 1. The Morgan fingerprint density at radius 1 is 1.06 bits per heavy atom. The lowest BCUT2D eigenvalue weighted by Crippen LogP contribution is -2.49. The van der Waals surface area contributed by atoms with E-state index in [-0.39, 0.29) is 28.7 Å². The van der Waals surface area contributed by atoms with Gasteiger partial charge in [-0.05, 0) is 35.9 Å². The summed E-state index contributed by atoms with van der Waals surface area (Å²) in [5, 5.41) is 11.6. The number of nitro benzene ring substituents is 1. The van der Waals surface area contributed by atoms with Gasteiger partial charge in [0.2, 0.25) is 0 Å². The van der Waals surface area contributed by atoms with E-state index >= 15 is 0 Å². The number of halogens is 1. The van der Waals surface area contributed by atoms with Crippen molar-refractivity contribution in [1.82, 2.24) is 9.88 Å². The van der Waals surface area contributed by atoms with Gasteiger partial charge in [0.1, 0.15) is 11.6 Å². The van der Waals surface area contributed by atoms with Crippen LogP contribution >= 0.6 is 11.8 Å². The number of pyridine rings is 1. The van der Waals surface area contributed by atoms with Gasteiger partial charge in [0.15, 0.2) is 0 Å². The lowest BCUT2D eigenvalue weighted by atomic mass is 10.1. The van der Waals surface area contributed by atoms with E-state index in [1.807, 2.05) is 18.2 Å². The van der Waals surface area contributed by atoms with Gasteiger partial charge in [0.25, 0.3) is 11.6 Å². The van der Waals surface area contributed by atoms with Crippen LogP contribution < -0.4 is 4.90 Å². The summed E-state index contributed by atoms with van der Waals surface area (Å²) >= 11 is 1.18. The molecule has 164 valence electrons. The maximum Gasteiger partial charge on any atom is 0.283 e. The number of amides is 1. The van der Waals surface area contributed by atoms with E-state index in [0.717, 1.165) is 5.82 Å². The Balaban J connectivity index is 1.44. The molecule has 9 heteroatoms. The Hall–Kier alpha value is -3.46. The van der Waals surface area contributed by atoms with E-state index in [1.165, 1.54) is 23.9 Å². The Labute approximate surface area is 189 Å². The van der Waals surface area contributed by atoms with Gasteiger partial charge in [-0.3, -0.25) is 14.9 Å². The Morgan fingerprint density at radius 2 is 1.81 bits per heavy atom. The minimum atomic E-state index is -0.501. The van der Waals surface area contributed by atoms with Crippen molar-refractivity contribution in [2.75, 3.05) is 31.1 Å². The van der Waals surface area contributed by atoms with Crippen LogP contribution in [-0.4, -0.2) is 46.9 Å².